The Balaban J connectivity index is 1.38. The molecule has 0 atom stereocenters. The highest BCUT2D eigenvalue weighted by molar-refractivity contribution is 7.80. The molecule has 0 spiro atoms. The first-order chi connectivity index (χ1) is 13.2. The maximum Gasteiger partial charge on any atom is 0.120 e. The highest BCUT2D eigenvalue weighted by atomic mass is 32.9. The van der Waals surface area contributed by atoms with Crippen molar-refractivity contribution in [2.75, 3.05) is 26.2 Å². The Morgan fingerprint density at radius 1 is 0.852 bits per heavy atom. The average molecular weight is 415 g/mol. The largest absolute Gasteiger partial charge is 0.508 e. The quantitative estimate of drug-likeness (QED) is 0.457. The van der Waals surface area contributed by atoms with E-state index >= 15 is 0 Å². The van der Waals surface area contributed by atoms with Gasteiger partial charge in [-0.15, -0.1) is 0 Å². The normalized spacial score (nSPS) is 15.9. The van der Waals surface area contributed by atoms with Crippen LogP contribution in [-0.4, -0.2) is 41.1 Å². The van der Waals surface area contributed by atoms with E-state index in [0.29, 0.717) is 5.75 Å². The summed E-state index contributed by atoms with van der Waals surface area (Å²) in [4.78, 5) is 6.11. The lowest BCUT2D eigenvalue weighted by Gasteiger charge is -2.34. The summed E-state index contributed by atoms with van der Waals surface area (Å²) in [6.07, 6.45) is 0. The second-order valence-electron chi connectivity index (χ2n) is 6.88. The van der Waals surface area contributed by atoms with Crippen molar-refractivity contribution in [2.45, 2.75) is 13.1 Å². The van der Waals surface area contributed by atoms with Crippen LogP contribution in [0.3, 0.4) is 0 Å². The molecule has 6 heteroatoms. The number of rotatable bonds is 5. The molecule has 1 aromatic heterocycles. The van der Waals surface area contributed by atoms with Crippen molar-refractivity contribution in [1.82, 2.24) is 9.80 Å². The van der Waals surface area contributed by atoms with Crippen LogP contribution in [0.1, 0.15) is 11.1 Å². The van der Waals surface area contributed by atoms with Crippen molar-refractivity contribution in [1.29, 1.82) is 0 Å². The van der Waals surface area contributed by atoms with Crippen LogP contribution in [0.25, 0.3) is 10.4 Å². The first kappa shape index (κ1) is 18.8. The molecule has 4 rings (SSSR count). The van der Waals surface area contributed by atoms with Crippen LogP contribution in [0.4, 0.5) is 0 Å². The molecule has 0 unspecified atom stereocenters. The summed E-state index contributed by atoms with van der Waals surface area (Å²) in [5.74, 6) is 0.379. The fourth-order valence-corrected chi connectivity index (χ4v) is 5.82. The van der Waals surface area contributed by atoms with Crippen LogP contribution in [0, 0.1) is 3.82 Å². The number of phenolic OH excluding ortho intramolecular Hbond substituents is 1. The van der Waals surface area contributed by atoms with Gasteiger partial charge >= 0.3 is 0 Å². The molecule has 1 aliphatic rings. The topological polar surface area (TPSA) is 26.7 Å². The lowest BCUT2D eigenvalue weighted by atomic mass is 10.1. The molecule has 2 aromatic carbocycles. The van der Waals surface area contributed by atoms with Gasteiger partial charge in [0.2, 0.25) is 0 Å². The van der Waals surface area contributed by atoms with E-state index in [9.17, 15) is 5.11 Å². The lowest BCUT2D eigenvalue weighted by molar-refractivity contribution is 0.121. The van der Waals surface area contributed by atoms with Gasteiger partial charge in [-0.3, -0.25) is 9.80 Å². The zero-order chi connectivity index (χ0) is 18.6. The maximum atomic E-state index is 10.3. The zero-order valence-electron chi connectivity index (χ0n) is 15.0. The van der Waals surface area contributed by atoms with Crippen LogP contribution in [0.5, 0.6) is 5.75 Å². The molecule has 0 bridgehead atoms. The van der Waals surface area contributed by atoms with Gasteiger partial charge in [0.25, 0.3) is 0 Å². The van der Waals surface area contributed by atoms with Gasteiger partial charge in [-0.1, -0.05) is 63.2 Å². The third-order valence-corrected chi connectivity index (χ3v) is 7.84. The van der Waals surface area contributed by atoms with Crippen LogP contribution in [0.15, 0.2) is 54.6 Å². The molecule has 0 saturated carbocycles. The summed E-state index contributed by atoms with van der Waals surface area (Å²) >= 11 is 5.25. The maximum absolute atomic E-state index is 10.3. The Labute approximate surface area is 172 Å². The highest BCUT2D eigenvalue weighted by Gasteiger charge is 2.18. The number of phenols is 1. The summed E-state index contributed by atoms with van der Waals surface area (Å²) in [6.45, 7) is 5.96. The van der Waals surface area contributed by atoms with Crippen molar-refractivity contribution in [3.8, 4) is 16.2 Å². The van der Waals surface area contributed by atoms with Crippen molar-refractivity contribution in [2.24, 2.45) is 0 Å². The molecular weight excluding hydrogens is 392 g/mol. The Kier molecular flexibility index (Phi) is 6.00. The van der Waals surface area contributed by atoms with Gasteiger partial charge in [-0.25, -0.2) is 0 Å². The van der Waals surface area contributed by atoms with Gasteiger partial charge in [0.05, 0.1) is 0 Å². The van der Waals surface area contributed by atoms with E-state index in [1.54, 1.807) is 20.7 Å². The molecule has 27 heavy (non-hydrogen) atoms. The minimum Gasteiger partial charge on any atom is -0.508 e. The zero-order valence-corrected chi connectivity index (χ0v) is 17.5. The van der Waals surface area contributed by atoms with Gasteiger partial charge in [0, 0.05) is 49.7 Å². The summed E-state index contributed by atoms with van der Waals surface area (Å²) in [5, 5.41) is 10.3. The van der Waals surface area contributed by atoms with Crippen molar-refractivity contribution in [3.05, 3.63) is 69.5 Å². The van der Waals surface area contributed by atoms with Gasteiger partial charge < -0.3 is 5.11 Å². The van der Waals surface area contributed by atoms with E-state index in [0.717, 1.165) is 54.2 Å². The van der Waals surface area contributed by atoms with E-state index in [-0.39, 0.29) is 0 Å². The number of hydrogen-bond acceptors (Lipinski definition) is 6. The molecule has 0 radical (unpaired) electrons. The van der Waals surface area contributed by atoms with E-state index in [4.69, 9.17) is 12.2 Å². The number of aromatic hydroxyl groups is 1. The fourth-order valence-electron chi connectivity index (χ4n) is 3.43. The third-order valence-electron chi connectivity index (χ3n) is 4.93. The Hall–Kier alpha value is -1.57. The smallest absolute Gasteiger partial charge is 0.120 e. The van der Waals surface area contributed by atoms with Crippen LogP contribution in [0.2, 0.25) is 0 Å². The molecule has 3 nitrogen and oxygen atoms in total. The number of benzene rings is 2. The first-order valence-electron chi connectivity index (χ1n) is 9.08. The Bertz CT molecular complexity index is 943. The monoisotopic (exact) mass is 414 g/mol. The fraction of sp³-hybridized carbons (Fsp3) is 0.286. The van der Waals surface area contributed by atoms with E-state index in [1.807, 2.05) is 18.2 Å². The van der Waals surface area contributed by atoms with Gasteiger partial charge in [-0.2, -0.15) is 0 Å². The molecular formula is C21H22N2OS3. The first-order valence-corrected chi connectivity index (χ1v) is 11.6. The highest BCUT2D eigenvalue weighted by Crippen LogP contribution is 2.32. The molecule has 0 amide bonds. The SMILES string of the molecule is Oc1ccc(-c2cc(=S)ss2)cc1CN1CCN(Cc2ccccc2)CC1. The lowest BCUT2D eigenvalue weighted by Crippen LogP contribution is -2.45. The number of hydrogen-bond donors (Lipinski definition) is 1. The molecule has 1 saturated heterocycles. The third kappa shape index (κ3) is 4.83. The van der Waals surface area contributed by atoms with Crippen LogP contribution in [-0.2, 0) is 13.1 Å². The molecule has 1 N–H and O–H groups in total. The summed E-state index contributed by atoms with van der Waals surface area (Å²) in [6, 6.07) is 18.6. The van der Waals surface area contributed by atoms with Crippen molar-refractivity contribution < 1.29 is 5.11 Å². The van der Waals surface area contributed by atoms with Gasteiger partial charge in [0.15, 0.2) is 0 Å². The minimum atomic E-state index is 0.379. The second kappa shape index (κ2) is 8.63. The minimum absolute atomic E-state index is 0.379. The molecule has 1 fully saturated rings. The summed E-state index contributed by atoms with van der Waals surface area (Å²) < 4.78 is 0.916. The van der Waals surface area contributed by atoms with E-state index in [2.05, 4.69) is 46.2 Å². The van der Waals surface area contributed by atoms with Gasteiger partial charge in [0.1, 0.15) is 9.57 Å². The Morgan fingerprint density at radius 3 is 2.22 bits per heavy atom. The molecule has 1 aliphatic heterocycles. The summed E-state index contributed by atoms with van der Waals surface area (Å²) in [7, 11) is 3.32. The summed E-state index contributed by atoms with van der Waals surface area (Å²) in [5.41, 5.74) is 3.51. The predicted molar refractivity (Wildman–Crippen MR) is 117 cm³/mol. The standard InChI is InChI=1S/C21H22N2OS3/c24-19-7-6-17(20-13-21(25)27-26-20)12-18(19)15-23-10-8-22(9-11-23)14-16-4-2-1-3-5-16/h1-7,12-13,24H,8-11,14-15H2. The number of nitrogens with zero attached hydrogens (tertiary/aromatic N) is 2. The van der Waals surface area contributed by atoms with E-state index < -0.39 is 0 Å². The van der Waals surface area contributed by atoms with Gasteiger partial charge in [-0.05, 0) is 35.4 Å². The molecule has 140 valence electrons. The van der Waals surface area contributed by atoms with Crippen molar-refractivity contribution in [3.63, 3.8) is 0 Å². The second-order valence-corrected chi connectivity index (χ2v) is 9.79. The Morgan fingerprint density at radius 2 is 1.56 bits per heavy atom. The van der Waals surface area contributed by atoms with Crippen LogP contribution >= 0.6 is 32.9 Å². The number of piperazine rings is 1. The van der Waals surface area contributed by atoms with Crippen LogP contribution < -0.4 is 0 Å². The predicted octanol–water partition coefficient (Wildman–Crippen LogP) is 5.23. The molecule has 3 aromatic rings. The van der Waals surface area contributed by atoms with E-state index in [1.165, 1.54) is 10.4 Å². The average Bonchev–Trinajstić information content (AvgIpc) is 3.12. The molecule has 2 heterocycles. The molecule has 0 aliphatic carbocycles. The van der Waals surface area contributed by atoms with Crippen molar-refractivity contribution >= 4 is 32.9 Å².